The summed E-state index contributed by atoms with van der Waals surface area (Å²) >= 11 is 0. The summed E-state index contributed by atoms with van der Waals surface area (Å²) in [5.41, 5.74) is 8.42. The Kier molecular flexibility index (Phi) is 3.03. The molecule has 100 valence electrons. The average Bonchev–Trinajstić information content (AvgIpc) is 2.88. The Morgan fingerprint density at radius 1 is 1.37 bits per heavy atom. The summed E-state index contributed by atoms with van der Waals surface area (Å²) in [5.74, 6) is 0.892. The number of benzene rings is 1. The monoisotopic (exact) mass is 257 g/mol. The molecule has 0 saturated heterocycles. The van der Waals surface area contributed by atoms with Crippen molar-refractivity contribution in [1.29, 1.82) is 0 Å². The molecule has 4 nitrogen and oxygen atoms in total. The first kappa shape index (κ1) is 12.2. The number of para-hydroxylation sites is 1. The number of fused-ring (bicyclic) bond motifs is 1. The minimum atomic E-state index is -0.00241. The maximum atomic E-state index is 6.23. The van der Waals surface area contributed by atoms with Gasteiger partial charge in [-0.3, -0.25) is 4.68 Å². The maximum Gasteiger partial charge on any atom is 0.129 e. The summed E-state index contributed by atoms with van der Waals surface area (Å²) in [4.78, 5) is 0. The third kappa shape index (κ3) is 2.24. The first-order chi connectivity index (χ1) is 9.15. The zero-order valence-corrected chi connectivity index (χ0v) is 11.3. The summed E-state index contributed by atoms with van der Waals surface area (Å²) in [6.45, 7) is 4.22. The molecule has 4 heteroatoms. The Balaban J connectivity index is 1.88. The van der Waals surface area contributed by atoms with Crippen molar-refractivity contribution in [2.75, 3.05) is 0 Å². The van der Waals surface area contributed by atoms with Gasteiger partial charge in [0.25, 0.3) is 0 Å². The number of hydrogen-bond donors (Lipinski definition) is 1. The van der Waals surface area contributed by atoms with E-state index in [4.69, 9.17) is 10.5 Å². The molecule has 1 aliphatic rings. The fourth-order valence-corrected chi connectivity index (χ4v) is 2.46. The molecule has 0 radical (unpaired) electrons. The highest BCUT2D eigenvalue weighted by Gasteiger charge is 2.27. The van der Waals surface area contributed by atoms with Crippen LogP contribution in [0, 0.1) is 0 Å². The van der Waals surface area contributed by atoms with Gasteiger partial charge in [-0.05, 0) is 19.9 Å². The van der Waals surface area contributed by atoms with E-state index in [0.717, 1.165) is 23.3 Å². The summed E-state index contributed by atoms with van der Waals surface area (Å²) in [5, 5.41) is 4.37. The van der Waals surface area contributed by atoms with Crippen LogP contribution in [0.15, 0.2) is 36.7 Å². The first-order valence-electron chi connectivity index (χ1n) is 6.70. The van der Waals surface area contributed by atoms with Crippen LogP contribution in [0.3, 0.4) is 0 Å². The van der Waals surface area contributed by atoms with Crippen LogP contribution in [0.5, 0.6) is 5.75 Å². The van der Waals surface area contributed by atoms with E-state index in [1.807, 2.05) is 35.1 Å². The lowest BCUT2D eigenvalue weighted by atomic mass is 9.95. The van der Waals surface area contributed by atoms with Gasteiger partial charge in [0.15, 0.2) is 0 Å². The number of aromatic nitrogens is 2. The largest absolute Gasteiger partial charge is 0.485 e. The number of nitrogens with two attached hydrogens (primary N) is 1. The predicted octanol–water partition coefficient (Wildman–Crippen LogP) is 2.99. The van der Waals surface area contributed by atoms with Crippen molar-refractivity contribution >= 4 is 0 Å². The molecule has 2 atom stereocenters. The van der Waals surface area contributed by atoms with Crippen LogP contribution in [-0.2, 0) is 0 Å². The highest BCUT2D eigenvalue weighted by atomic mass is 16.5. The van der Waals surface area contributed by atoms with Gasteiger partial charge in [-0.2, -0.15) is 5.10 Å². The number of ether oxygens (including phenoxy) is 1. The van der Waals surface area contributed by atoms with Gasteiger partial charge in [0.1, 0.15) is 11.9 Å². The SMILES string of the molecule is CC(C)n1cc(C2C[C@H](N)c3ccccc3O2)cn1. The van der Waals surface area contributed by atoms with Gasteiger partial charge in [0, 0.05) is 35.8 Å². The molecular weight excluding hydrogens is 238 g/mol. The van der Waals surface area contributed by atoms with E-state index in [-0.39, 0.29) is 12.1 Å². The fourth-order valence-electron chi connectivity index (χ4n) is 2.46. The van der Waals surface area contributed by atoms with E-state index >= 15 is 0 Å². The van der Waals surface area contributed by atoms with E-state index < -0.39 is 0 Å². The quantitative estimate of drug-likeness (QED) is 0.899. The van der Waals surface area contributed by atoms with Crippen LogP contribution < -0.4 is 10.5 Å². The highest BCUT2D eigenvalue weighted by molar-refractivity contribution is 5.38. The predicted molar refractivity (Wildman–Crippen MR) is 74.0 cm³/mol. The number of rotatable bonds is 2. The Hall–Kier alpha value is -1.81. The Bertz CT molecular complexity index is 576. The Labute approximate surface area is 113 Å². The highest BCUT2D eigenvalue weighted by Crippen LogP contribution is 2.39. The summed E-state index contributed by atoms with van der Waals surface area (Å²) < 4.78 is 8.00. The summed E-state index contributed by atoms with van der Waals surface area (Å²) in [7, 11) is 0. The third-order valence-corrected chi connectivity index (χ3v) is 3.58. The molecule has 0 spiro atoms. The van der Waals surface area contributed by atoms with E-state index in [2.05, 4.69) is 25.1 Å². The van der Waals surface area contributed by atoms with Crippen molar-refractivity contribution in [2.24, 2.45) is 5.73 Å². The Morgan fingerprint density at radius 3 is 2.89 bits per heavy atom. The minimum Gasteiger partial charge on any atom is -0.485 e. The zero-order valence-electron chi connectivity index (χ0n) is 11.3. The van der Waals surface area contributed by atoms with Gasteiger partial charge in [0.2, 0.25) is 0 Å². The second kappa shape index (κ2) is 4.70. The van der Waals surface area contributed by atoms with Crippen molar-refractivity contribution < 1.29 is 4.74 Å². The van der Waals surface area contributed by atoms with Gasteiger partial charge >= 0.3 is 0 Å². The topological polar surface area (TPSA) is 53.1 Å². The minimum absolute atomic E-state index is 0.00241. The van der Waals surface area contributed by atoms with E-state index in [1.165, 1.54) is 0 Å². The molecular formula is C15H19N3O. The van der Waals surface area contributed by atoms with Crippen molar-refractivity contribution in [3.8, 4) is 5.75 Å². The van der Waals surface area contributed by atoms with E-state index in [0.29, 0.717) is 6.04 Å². The van der Waals surface area contributed by atoms with E-state index in [1.54, 1.807) is 0 Å². The van der Waals surface area contributed by atoms with Crippen LogP contribution in [0.25, 0.3) is 0 Å². The molecule has 0 saturated carbocycles. The lowest BCUT2D eigenvalue weighted by Crippen LogP contribution is -2.23. The molecule has 0 bridgehead atoms. The number of nitrogens with zero attached hydrogens (tertiary/aromatic N) is 2. The lowest BCUT2D eigenvalue weighted by Gasteiger charge is -2.29. The smallest absolute Gasteiger partial charge is 0.129 e. The van der Waals surface area contributed by atoms with Gasteiger partial charge in [-0.25, -0.2) is 0 Å². The van der Waals surface area contributed by atoms with Crippen molar-refractivity contribution in [3.63, 3.8) is 0 Å². The molecule has 0 fully saturated rings. The molecule has 1 unspecified atom stereocenters. The van der Waals surface area contributed by atoms with Crippen molar-refractivity contribution in [3.05, 3.63) is 47.8 Å². The van der Waals surface area contributed by atoms with Gasteiger partial charge < -0.3 is 10.5 Å². The molecule has 1 aromatic heterocycles. The third-order valence-electron chi connectivity index (χ3n) is 3.58. The average molecular weight is 257 g/mol. The molecule has 1 aliphatic heterocycles. The Morgan fingerprint density at radius 2 is 2.16 bits per heavy atom. The van der Waals surface area contributed by atoms with Gasteiger partial charge in [-0.1, -0.05) is 18.2 Å². The van der Waals surface area contributed by atoms with Crippen molar-refractivity contribution in [1.82, 2.24) is 9.78 Å². The molecule has 1 aromatic carbocycles. The molecule has 19 heavy (non-hydrogen) atoms. The van der Waals surface area contributed by atoms with E-state index in [9.17, 15) is 0 Å². The molecule has 3 rings (SSSR count). The molecule has 0 aliphatic carbocycles. The first-order valence-corrected chi connectivity index (χ1v) is 6.70. The lowest BCUT2D eigenvalue weighted by molar-refractivity contribution is 0.161. The second-order valence-corrected chi connectivity index (χ2v) is 5.33. The van der Waals surface area contributed by atoms with Crippen molar-refractivity contribution in [2.45, 2.75) is 38.5 Å². The summed E-state index contributed by atoms with van der Waals surface area (Å²) in [6.07, 6.45) is 4.72. The molecule has 0 amide bonds. The zero-order chi connectivity index (χ0) is 13.4. The van der Waals surface area contributed by atoms with Crippen LogP contribution in [0.2, 0.25) is 0 Å². The van der Waals surface area contributed by atoms with Crippen LogP contribution in [-0.4, -0.2) is 9.78 Å². The van der Waals surface area contributed by atoms with Crippen LogP contribution in [0.1, 0.15) is 49.6 Å². The van der Waals surface area contributed by atoms with Gasteiger partial charge in [0.05, 0.1) is 6.20 Å². The standard InChI is InChI=1S/C15H19N3O/c1-10(2)18-9-11(8-17-18)15-7-13(16)12-5-3-4-6-14(12)19-15/h3-6,8-10,13,15H,7,16H2,1-2H3/t13-,15?/m0/s1. The molecule has 2 heterocycles. The maximum absolute atomic E-state index is 6.23. The number of hydrogen-bond acceptors (Lipinski definition) is 3. The van der Waals surface area contributed by atoms with Crippen LogP contribution in [0.4, 0.5) is 0 Å². The molecule has 2 N–H and O–H groups in total. The second-order valence-electron chi connectivity index (χ2n) is 5.33. The molecule has 2 aromatic rings. The summed E-state index contributed by atoms with van der Waals surface area (Å²) in [6, 6.07) is 8.38. The normalized spacial score (nSPS) is 22.1. The fraction of sp³-hybridized carbons (Fsp3) is 0.400. The van der Waals surface area contributed by atoms with Gasteiger partial charge in [-0.15, -0.1) is 0 Å². The van der Waals surface area contributed by atoms with Crippen LogP contribution >= 0.6 is 0 Å².